The van der Waals surface area contributed by atoms with Crippen molar-refractivity contribution in [2.45, 2.75) is 52.3 Å². The number of amides is 2. The van der Waals surface area contributed by atoms with Crippen molar-refractivity contribution < 1.29 is 14.3 Å². The van der Waals surface area contributed by atoms with Crippen molar-refractivity contribution in [3.05, 3.63) is 54.1 Å². The molecule has 2 atom stereocenters. The molecule has 2 aromatic carbocycles. The Morgan fingerprint density at radius 2 is 1.81 bits per heavy atom. The van der Waals surface area contributed by atoms with Crippen molar-refractivity contribution in [2.75, 3.05) is 4.90 Å². The van der Waals surface area contributed by atoms with Gasteiger partial charge in [-0.3, -0.25) is 4.79 Å². The second-order valence-corrected chi connectivity index (χ2v) is 7.26. The van der Waals surface area contributed by atoms with Crippen molar-refractivity contribution in [1.82, 2.24) is 5.32 Å². The SMILES string of the molecule is CC(=O)N1c2ccc(-c3ccccc3)cc2C(NC(=O)OC(C)C)CC1C. The van der Waals surface area contributed by atoms with Gasteiger partial charge in [0.05, 0.1) is 12.1 Å². The molecule has 0 aromatic heterocycles. The molecule has 0 spiro atoms. The van der Waals surface area contributed by atoms with Crippen LogP contribution in [0.25, 0.3) is 11.1 Å². The van der Waals surface area contributed by atoms with Gasteiger partial charge in [-0.05, 0) is 56.0 Å². The summed E-state index contributed by atoms with van der Waals surface area (Å²) in [4.78, 5) is 26.2. The van der Waals surface area contributed by atoms with Gasteiger partial charge in [0.15, 0.2) is 0 Å². The molecule has 3 rings (SSSR count). The van der Waals surface area contributed by atoms with E-state index >= 15 is 0 Å². The lowest BCUT2D eigenvalue weighted by Gasteiger charge is -2.39. The molecule has 5 nitrogen and oxygen atoms in total. The van der Waals surface area contributed by atoms with E-state index < -0.39 is 6.09 Å². The molecule has 1 aliphatic heterocycles. The van der Waals surface area contributed by atoms with E-state index in [9.17, 15) is 9.59 Å². The first kappa shape index (κ1) is 19.0. The van der Waals surface area contributed by atoms with E-state index in [0.29, 0.717) is 6.42 Å². The summed E-state index contributed by atoms with van der Waals surface area (Å²) >= 11 is 0. The molecule has 0 fully saturated rings. The minimum absolute atomic E-state index is 0.000539. The Morgan fingerprint density at radius 1 is 1.11 bits per heavy atom. The Labute approximate surface area is 160 Å². The zero-order valence-corrected chi connectivity index (χ0v) is 16.2. The van der Waals surface area contributed by atoms with Crippen LogP contribution in [0.5, 0.6) is 0 Å². The van der Waals surface area contributed by atoms with E-state index in [-0.39, 0.29) is 24.1 Å². The molecule has 5 heteroatoms. The van der Waals surface area contributed by atoms with Gasteiger partial charge >= 0.3 is 6.09 Å². The van der Waals surface area contributed by atoms with Gasteiger partial charge in [0.2, 0.25) is 5.91 Å². The minimum atomic E-state index is -0.436. The number of fused-ring (bicyclic) bond motifs is 1. The number of hydrogen-bond acceptors (Lipinski definition) is 3. The number of carbonyl (C=O) groups is 2. The summed E-state index contributed by atoms with van der Waals surface area (Å²) in [5.41, 5.74) is 3.93. The van der Waals surface area contributed by atoms with Gasteiger partial charge in [-0.1, -0.05) is 36.4 Å². The molecule has 2 unspecified atom stereocenters. The quantitative estimate of drug-likeness (QED) is 0.858. The van der Waals surface area contributed by atoms with Crippen molar-refractivity contribution >= 4 is 17.7 Å². The maximum absolute atomic E-state index is 12.2. The van der Waals surface area contributed by atoms with Crippen LogP contribution in [0.2, 0.25) is 0 Å². The maximum atomic E-state index is 12.2. The van der Waals surface area contributed by atoms with E-state index in [1.54, 1.807) is 11.8 Å². The van der Waals surface area contributed by atoms with Crippen molar-refractivity contribution in [3.8, 4) is 11.1 Å². The normalized spacial score (nSPS) is 18.8. The summed E-state index contributed by atoms with van der Waals surface area (Å²) in [6.07, 6.45) is 0.0160. The molecule has 142 valence electrons. The van der Waals surface area contributed by atoms with E-state index in [1.165, 1.54) is 0 Å². The predicted molar refractivity (Wildman–Crippen MR) is 107 cm³/mol. The fraction of sp³-hybridized carbons (Fsp3) is 0.364. The summed E-state index contributed by atoms with van der Waals surface area (Å²) in [5, 5.41) is 2.98. The number of anilines is 1. The van der Waals surface area contributed by atoms with Gasteiger partial charge in [0, 0.05) is 18.7 Å². The van der Waals surface area contributed by atoms with Crippen LogP contribution in [0.4, 0.5) is 10.5 Å². The Bertz CT molecular complexity index is 833. The average molecular weight is 366 g/mol. The molecule has 0 bridgehead atoms. The highest BCUT2D eigenvalue weighted by molar-refractivity contribution is 5.94. The summed E-state index contributed by atoms with van der Waals surface area (Å²) < 4.78 is 5.26. The van der Waals surface area contributed by atoms with Gasteiger partial charge in [-0.25, -0.2) is 4.79 Å². The van der Waals surface area contributed by atoms with Crippen LogP contribution in [0.1, 0.15) is 45.7 Å². The van der Waals surface area contributed by atoms with E-state index in [0.717, 1.165) is 22.4 Å². The van der Waals surface area contributed by atoms with Crippen molar-refractivity contribution in [3.63, 3.8) is 0 Å². The molecule has 1 heterocycles. The van der Waals surface area contributed by atoms with Crippen LogP contribution < -0.4 is 10.2 Å². The minimum Gasteiger partial charge on any atom is -0.447 e. The van der Waals surface area contributed by atoms with Crippen LogP contribution in [0.15, 0.2) is 48.5 Å². The van der Waals surface area contributed by atoms with Gasteiger partial charge < -0.3 is 15.0 Å². The summed E-state index contributed by atoms with van der Waals surface area (Å²) in [7, 11) is 0. The summed E-state index contributed by atoms with van der Waals surface area (Å²) in [6.45, 7) is 7.22. The van der Waals surface area contributed by atoms with Gasteiger partial charge in [-0.15, -0.1) is 0 Å². The molecular weight excluding hydrogens is 340 g/mol. The highest BCUT2D eigenvalue weighted by Gasteiger charge is 2.33. The summed E-state index contributed by atoms with van der Waals surface area (Å²) in [5.74, 6) is -0.000539. The molecule has 0 radical (unpaired) electrons. The predicted octanol–water partition coefficient (Wildman–Crippen LogP) is 4.67. The number of nitrogens with zero attached hydrogens (tertiary/aromatic N) is 1. The first-order chi connectivity index (χ1) is 12.9. The van der Waals surface area contributed by atoms with Crippen molar-refractivity contribution in [1.29, 1.82) is 0 Å². The third-order valence-electron chi connectivity index (χ3n) is 4.76. The van der Waals surface area contributed by atoms with E-state index in [1.807, 2.05) is 63.2 Å². The summed E-state index contributed by atoms with van der Waals surface area (Å²) in [6, 6.07) is 15.9. The topological polar surface area (TPSA) is 58.6 Å². The number of hydrogen-bond donors (Lipinski definition) is 1. The third-order valence-corrected chi connectivity index (χ3v) is 4.76. The standard InChI is InChI=1S/C22H26N2O3/c1-14(2)27-22(26)23-20-12-15(3)24(16(4)25)21-11-10-18(13-19(20)21)17-8-6-5-7-9-17/h5-11,13-15,20H,12H2,1-4H3,(H,23,26). The lowest BCUT2D eigenvalue weighted by molar-refractivity contribution is -0.117. The molecular formula is C22H26N2O3. The number of ether oxygens (including phenoxy) is 1. The average Bonchev–Trinajstić information content (AvgIpc) is 2.61. The van der Waals surface area contributed by atoms with E-state index in [2.05, 4.69) is 11.4 Å². The fourth-order valence-electron chi connectivity index (χ4n) is 3.68. The first-order valence-corrected chi connectivity index (χ1v) is 9.33. The fourth-order valence-corrected chi connectivity index (χ4v) is 3.68. The van der Waals surface area contributed by atoms with Gasteiger partial charge in [-0.2, -0.15) is 0 Å². The Hall–Kier alpha value is -2.82. The highest BCUT2D eigenvalue weighted by Crippen LogP contribution is 2.39. The molecule has 0 aliphatic carbocycles. The number of alkyl carbamates (subject to hydrolysis) is 1. The monoisotopic (exact) mass is 366 g/mol. The van der Waals surface area contributed by atoms with Crippen LogP contribution in [0.3, 0.4) is 0 Å². The van der Waals surface area contributed by atoms with Crippen LogP contribution in [-0.4, -0.2) is 24.1 Å². The van der Waals surface area contributed by atoms with Crippen molar-refractivity contribution in [2.24, 2.45) is 0 Å². The molecule has 2 amide bonds. The number of benzene rings is 2. The molecule has 0 saturated carbocycles. The number of nitrogens with one attached hydrogen (secondary N) is 1. The first-order valence-electron chi connectivity index (χ1n) is 9.33. The zero-order valence-electron chi connectivity index (χ0n) is 16.2. The molecule has 27 heavy (non-hydrogen) atoms. The molecule has 1 aliphatic rings. The maximum Gasteiger partial charge on any atom is 0.407 e. The largest absolute Gasteiger partial charge is 0.447 e. The molecule has 0 saturated heterocycles. The smallest absolute Gasteiger partial charge is 0.407 e. The van der Waals surface area contributed by atoms with Crippen LogP contribution in [-0.2, 0) is 9.53 Å². The Kier molecular flexibility index (Phi) is 5.49. The Balaban J connectivity index is 2.01. The number of rotatable bonds is 3. The highest BCUT2D eigenvalue weighted by atomic mass is 16.6. The molecule has 2 aromatic rings. The van der Waals surface area contributed by atoms with Crippen LogP contribution in [0, 0.1) is 0 Å². The lowest BCUT2D eigenvalue weighted by atomic mass is 9.89. The molecule has 1 N–H and O–H groups in total. The second kappa shape index (κ2) is 7.82. The lowest BCUT2D eigenvalue weighted by Crippen LogP contribution is -2.45. The van der Waals surface area contributed by atoms with Gasteiger partial charge in [0.1, 0.15) is 0 Å². The second-order valence-electron chi connectivity index (χ2n) is 7.26. The van der Waals surface area contributed by atoms with Crippen LogP contribution >= 0.6 is 0 Å². The third kappa shape index (κ3) is 4.13. The number of carbonyl (C=O) groups excluding carboxylic acids is 2. The zero-order chi connectivity index (χ0) is 19.6. The van der Waals surface area contributed by atoms with Gasteiger partial charge in [0.25, 0.3) is 0 Å². The van der Waals surface area contributed by atoms with E-state index in [4.69, 9.17) is 4.74 Å². The Morgan fingerprint density at radius 3 is 2.44 bits per heavy atom.